The van der Waals surface area contributed by atoms with E-state index in [-0.39, 0.29) is 11.9 Å². The van der Waals surface area contributed by atoms with E-state index in [1.807, 2.05) is 26.8 Å². The maximum absolute atomic E-state index is 12.2. The highest BCUT2D eigenvalue weighted by Crippen LogP contribution is 2.25. The minimum absolute atomic E-state index is 0.134. The van der Waals surface area contributed by atoms with Gasteiger partial charge >= 0.3 is 5.97 Å². The van der Waals surface area contributed by atoms with Gasteiger partial charge in [-0.3, -0.25) is 4.79 Å². The van der Waals surface area contributed by atoms with E-state index >= 15 is 0 Å². The second-order valence-corrected chi connectivity index (χ2v) is 7.48. The smallest absolute Gasteiger partial charge is 0.306 e. The second kappa shape index (κ2) is 9.04. The molecule has 4 nitrogen and oxygen atoms in total. The van der Waals surface area contributed by atoms with Crippen LogP contribution in [0.15, 0.2) is 36.4 Å². The molecule has 1 aliphatic rings. The van der Waals surface area contributed by atoms with E-state index in [0.717, 1.165) is 32.7 Å². The number of carbonyl (C=O) groups excluding carboxylic acids is 1. The average molecular weight is 345 g/mol. The van der Waals surface area contributed by atoms with E-state index in [2.05, 4.69) is 42.2 Å². The molecule has 0 bridgehead atoms. The quantitative estimate of drug-likeness (QED) is 0.727. The summed E-state index contributed by atoms with van der Waals surface area (Å²) in [7, 11) is 0. The summed E-state index contributed by atoms with van der Waals surface area (Å²) in [5.74, 6) is 0.0258. The van der Waals surface area contributed by atoms with Gasteiger partial charge in [-0.1, -0.05) is 43.3 Å². The highest BCUT2D eigenvalue weighted by Gasteiger charge is 2.21. The Balaban J connectivity index is 2.19. The Morgan fingerprint density at radius 3 is 2.44 bits per heavy atom. The van der Waals surface area contributed by atoms with E-state index in [0.29, 0.717) is 6.42 Å². The van der Waals surface area contributed by atoms with Gasteiger partial charge in [-0.15, -0.1) is 0 Å². The minimum Gasteiger partial charge on any atom is -0.460 e. The van der Waals surface area contributed by atoms with Gasteiger partial charge in [0.05, 0.1) is 19.6 Å². The van der Waals surface area contributed by atoms with Gasteiger partial charge in [0.15, 0.2) is 0 Å². The third kappa shape index (κ3) is 6.54. The van der Waals surface area contributed by atoms with E-state index in [9.17, 15) is 4.79 Å². The number of benzene rings is 1. The van der Waals surface area contributed by atoms with Gasteiger partial charge in [-0.2, -0.15) is 0 Å². The van der Waals surface area contributed by atoms with Crippen molar-refractivity contribution in [3.63, 3.8) is 0 Å². The number of hydrogen-bond acceptors (Lipinski definition) is 4. The Morgan fingerprint density at radius 2 is 1.88 bits per heavy atom. The molecule has 2 rings (SSSR count). The van der Waals surface area contributed by atoms with Crippen molar-refractivity contribution in [1.29, 1.82) is 0 Å². The molecular weight excluding hydrogens is 314 g/mol. The highest BCUT2D eigenvalue weighted by atomic mass is 16.6. The third-order valence-electron chi connectivity index (χ3n) is 4.19. The molecule has 0 saturated carbocycles. The van der Waals surface area contributed by atoms with Crippen LogP contribution in [0.25, 0.3) is 5.70 Å². The van der Waals surface area contributed by atoms with Crippen molar-refractivity contribution in [3.05, 3.63) is 42.0 Å². The molecule has 0 radical (unpaired) electrons. The first-order chi connectivity index (χ1) is 11.9. The fourth-order valence-corrected chi connectivity index (χ4v) is 2.94. The number of rotatable bonds is 6. The van der Waals surface area contributed by atoms with Crippen LogP contribution >= 0.6 is 0 Å². The molecule has 0 aliphatic carbocycles. The number of nitrogens with zero attached hydrogens (tertiary/aromatic N) is 1. The molecular formula is C21H31NO3. The van der Waals surface area contributed by atoms with Crippen molar-refractivity contribution in [1.82, 2.24) is 4.90 Å². The highest BCUT2D eigenvalue weighted by molar-refractivity contribution is 5.71. The predicted octanol–water partition coefficient (Wildman–Crippen LogP) is 4.12. The number of esters is 1. The molecule has 4 heteroatoms. The van der Waals surface area contributed by atoms with Crippen molar-refractivity contribution < 1.29 is 14.3 Å². The fraction of sp³-hybridized carbons (Fsp3) is 0.571. The molecule has 0 aromatic heterocycles. The zero-order valence-electron chi connectivity index (χ0n) is 16.0. The number of hydrogen-bond donors (Lipinski definition) is 0. The Morgan fingerprint density at radius 1 is 1.24 bits per heavy atom. The Kier molecular flexibility index (Phi) is 7.06. The molecule has 138 valence electrons. The van der Waals surface area contributed by atoms with Gasteiger partial charge in [0.25, 0.3) is 0 Å². The lowest BCUT2D eigenvalue weighted by atomic mass is 9.98. The lowest BCUT2D eigenvalue weighted by Gasteiger charge is -2.32. The minimum atomic E-state index is -0.439. The summed E-state index contributed by atoms with van der Waals surface area (Å²) in [5, 5.41) is 0. The number of ether oxygens (including phenoxy) is 2. The largest absolute Gasteiger partial charge is 0.460 e. The summed E-state index contributed by atoms with van der Waals surface area (Å²) in [5.41, 5.74) is 1.94. The lowest BCUT2D eigenvalue weighted by molar-refractivity contribution is -0.155. The molecule has 1 fully saturated rings. The molecule has 1 aliphatic heterocycles. The van der Waals surface area contributed by atoms with Crippen molar-refractivity contribution in [2.24, 2.45) is 5.92 Å². The Labute approximate surface area is 151 Å². The first kappa shape index (κ1) is 19.5. The van der Waals surface area contributed by atoms with E-state index in [4.69, 9.17) is 9.47 Å². The van der Waals surface area contributed by atoms with Crippen LogP contribution < -0.4 is 0 Å². The topological polar surface area (TPSA) is 38.8 Å². The summed E-state index contributed by atoms with van der Waals surface area (Å²) >= 11 is 0. The molecule has 1 unspecified atom stereocenters. The lowest BCUT2D eigenvalue weighted by Crippen LogP contribution is -2.35. The summed E-state index contributed by atoms with van der Waals surface area (Å²) in [6.45, 7) is 11.1. The Hall–Kier alpha value is -1.81. The first-order valence-corrected chi connectivity index (χ1v) is 9.21. The fourth-order valence-electron chi connectivity index (χ4n) is 2.94. The summed E-state index contributed by atoms with van der Waals surface area (Å²) < 4.78 is 11.0. The molecule has 1 heterocycles. The SMILES string of the molecule is CCC(/C=C(\c1ccccc1)N1CCOCC1)CC(=O)OC(C)(C)C. The summed E-state index contributed by atoms with van der Waals surface area (Å²) in [4.78, 5) is 14.6. The molecule has 0 N–H and O–H groups in total. The van der Waals surface area contributed by atoms with Crippen LogP contribution in [-0.4, -0.2) is 42.8 Å². The molecule has 0 amide bonds. The summed E-state index contributed by atoms with van der Waals surface area (Å²) in [6, 6.07) is 10.4. The van der Waals surface area contributed by atoms with Crippen LogP contribution in [0.5, 0.6) is 0 Å². The van der Waals surface area contributed by atoms with E-state index in [1.165, 1.54) is 11.3 Å². The average Bonchev–Trinajstić information content (AvgIpc) is 2.58. The molecule has 1 atom stereocenters. The van der Waals surface area contributed by atoms with Crippen molar-refractivity contribution in [3.8, 4) is 0 Å². The summed E-state index contributed by atoms with van der Waals surface area (Å²) in [6.07, 6.45) is 3.55. The van der Waals surface area contributed by atoms with Gasteiger partial charge in [-0.05, 0) is 38.7 Å². The van der Waals surface area contributed by atoms with Crippen LogP contribution in [0.3, 0.4) is 0 Å². The van der Waals surface area contributed by atoms with E-state index < -0.39 is 5.60 Å². The predicted molar refractivity (Wildman–Crippen MR) is 101 cm³/mol. The number of morpholine rings is 1. The number of carbonyl (C=O) groups is 1. The van der Waals surface area contributed by atoms with Crippen LogP contribution in [-0.2, 0) is 14.3 Å². The van der Waals surface area contributed by atoms with Crippen LogP contribution in [0, 0.1) is 5.92 Å². The van der Waals surface area contributed by atoms with Crippen LogP contribution in [0.1, 0.15) is 46.1 Å². The van der Waals surface area contributed by atoms with Gasteiger partial charge < -0.3 is 14.4 Å². The molecule has 1 aromatic rings. The van der Waals surface area contributed by atoms with Gasteiger partial charge in [0.1, 0.15) is 5.60 Å². The van der Waals surface area contributed by atoms with Gasteiger partial charge in [0.2, 0.25) is 0 Å². The van der Waals surface area contributed by atoms with Crippen molar-refractivity contribution in [2.75, 3.05) is 26.3 Å². The molecule has 25 heavy (non-hydrogen) atoms. The normalized spacial score (nSPS) is 17.3. The van der Waals surface area contributed by atoms with Gasteiger partial charge in [-0.25, -0.2) is 0 Å². The van der Waals surface area contributed by atoms with Gasteiger partial charge in [0, 0.05) is 18.8 Å². The molecule has 1 aromatic carbocycles. The zero-order valence-corrected chi connectivity index (χ0v) is 16.0. The van der Waals surface area contributed by atoms with E-state index in [1.54, 1.807) is 0 Å². The maximum atomic E-state index is 12.2. The van der Waals surface area contributed by atoms with Crippen LogP contribution in [0.4, 0.5) is 0 Å². The number of allylic oxidation sites excluding steroid dienone is 1. The molecule has 1 saturated heterocycles. The maximum Gasteiger partial charge on any atom is 0.306 e. The van der Waals surface area contributed by atoms with Crippen molar-refractivity contribution in [2.45, 2.75) is 46.1 Å². The Bertz CT molecular complexity index is 569. The standard InChI is InChI=1S/C21H31NO3/c1-5-17(16-20(23)25-21(2,3)4)15-19(18-9-7-6-8-10-18)22-11-13-24-14-12-22/h6-10,15,17H,5,11-14,16H2,1-4H3/b19-15+. The first-order valence-electron chi connectivity index (χ1n) is 9.21. The molecule has 0 spiro atoms. The third-order valence-corrected chi connectivity index (χ3v) is 4.19. The van der Waals surface area contributed by atoms with Crippen molar-refractivity contribution >= 4 is 11.7 Å². The van der Waals surface area contributed by atoms with Crippen LogP contribution in [0.2, 0.25) is 0 Å². The monoisotopic (exact) mass is 345 g/mol. The zero-order chi connectivity index (χ0) is 18.3. The second-order valence-electron chi connectivity index (χ2n) is 7.48.